The normalized spacial score (nSPS) is 11.4. The number of methoxy groups -OCH3 is 1. The molecule has 2 N–H and O–H groups in total. The van der Waals surface area contributed by atoms with Gasteiger partial charge in [0.25, 0.3) is 0 Å². The van der Waals surface area contributed by atoms with Gasteiger partial charge in [0.1, 0.15) is 29.9 Å². The molecule has 0 fully saturated rings. The van der Waals surface area contributed by atoms with Gasteiger partial charge < -0.3 is 19.3 Å². The molecule has 0 radical (unpaired) electrons. The van der Waals surface area contributed by atoms with Crippen molar-refractivity contribution >= 4 is 17.9 Å². The Morgan fingerprint density at radius 1 is 1.00 bits per heavy atom. The molecule has 1 atom stereocenters. The van der Waals surface area contributed by atoms with E-state index in [4.69, 9.17) is 14.0 Å². The molecule has 0 saturated heterocycles. The number of alkyl carbamates (subject to hydrolysis) is 1. The predicted octanol–water partition coefficient (Wildman–Crippen LogP) is 4.80. The summed E-state index contributed by atoms with van der Waals surface area (Å²) in [7, 11) is 1.56. The molecule has 4 rings (SSSR count). The molecule has 0 unspecified atom stereocenters. The van der Waals surface area contributed by atoms with E-state index in [0.29, 0.717) is 28.1 Å². The summed E-state index contributed by atoms with van der Waals surface area (Å²) in [5, 5.41) is 9.23. The molecule has 36 heavy (non-hydrogen) atoms. The number of aromatic nitrogens is 2. The minimum Gasteiger partial charge on any atom is -0.497 e. The lowest BCUT2D eigenvalue weighted by molar-refractivity contribution is -0.117. The number of nitrogens with zero attached hydrogens (tertiary/aromatic N) is 2. The summed E-state index contributed by atoms with van der Waals surface area (Å²) in [6, 6.07) is 15.3. The summed E-state index contributed by atoms with van der Waals surface area (Å²) in [5.74, 6) is -0.172. The number of hydrogen-bond acceptors (Lipinski definition) is 7. The Balaban J connectivity index is 1.44. The van der Waals surface area contributed by atoms with Crippen molar-refractivity contribution in [3.8, 4) is 28.1 Å². The van der Waals surface area contributed by atoms with E-state index in [1.807, 2.05) is 0 Å². The minimum absolute atomic E-state index is 0.0273. The zero-order chi connectivity index (χ0) is 25.5. The fraction of sp³-hybridized carbons (Fsp3) is 0.154. The molecule has 0 aliphatic carbocycles. The van der Waals surface area contributed by atoms with Crippen LogP contribution in [0.4, 0.5) is 15.1 Å². The second-order valence-electron chi connectivity index (χ2n) is 7.76. The van der Waals surface area contributed by atoms with Gasteiger partial charge in [-0.2, -0.15) is 0 Å². The molecule has 0 saturated carbocycles. The molecule has 2 aromatic heterocycles. The first-order valence-electron chi connectivity index (χ1n) is 11.0. The van der Waals surface area contributed by atoms with Crippen molar-refractivity contribution in [2.45, 2.75) is 19.6 Å². The molecule has 10 heteroatoms. The van der Waals surface area contributed by atoms with Crippen molar-refractivity contribution in [3.63, 3.8) is 0 Å². The molecule has 0 spiro atoms. The van der Waals surface area contributed by atoms with Crippen molar-refractivity contribution < 1.29 is 28.0 Å². The molecular weight excluding hydrogens is 467 g/mol. The monoisotopic (exact) mass is 490 g/mol. The van der Waals surface area contributed by atoms with Crippen molar-refractivity contribution in [2.75, 3.05) is 12.4 Å². The number of rotatable bonds is 8. The highest BCUT2D eigenvalue weighted by Gasteiger charge is 2.24. The summed E-state index contributed by atoms with van der Waals surface area (Å²) in [6.45, 7) is 1.53. The molecular formula is C26H23FN4O5. The lowest BCUT2D eigenvalue weighted by Gasteiger charge is -2.14. The first-order valence-corrected chi connectivity index (χ1v) is 11.0. The third-order valence-corrected chi connectivity index (χ3v) is 5.27. The van der Waals surface area contributed by atoms with Crippen LogP contribution in [0.1, 0.15) is 12.5 Å². The highest BCUT2D eigenvalue weighted by atomic mass is 19.1. The van der Waals surface area contributed by atoms with Crippen LogP contribution < -0.4 is 15.4 Å². The number of hydrogen-bond donors (Lipinski definition) is 2. The van der Waals surface area contributed by atoms with E-state index in [0.717, 1.165) is 5.56 Å². The van der Waals surface area contributed by atoms with Gasteiger partial charge in [-0.1, -0.05) is 17.3 Å². The Morgan fingerprint density at radius 2 is 1.69 bits per heavy atom. The van der Waals surface area contributed by atoms with E-state index in [-0.39, 0.29) is 18.3 Å². The minimum atomic E-state index is -0.946. The van der Waals surface area contributed by atoms with E-state index >= 15 is 0 Å². The van der Waals surface area contributed by atoms with Crippen LogP contribution in [-0.4, -0.2) is 35.3 Å². The molecule has 0 aliphatic rings. The van der Waals surface area contributed by atoms with Crippen molar-refractivity contribution in [1.82, 2.24) is 15.5 Å². The zero-order valence-corrected chi connectivity index (χ0v) is 19.5. The Morgan fingerprint density at radius 3 is 2.36 bits per heavy atom. The van der Waals surface area contributed by atoms with E-state index in [1.54, 1.807) is 68.0 Å². The maximum absolute atomic E-state index is 13.4. The summed E-state index contributed by atoms with van der Waals surface area (Å²) < 4.78 is 29.1. The van der Waals surface area contributed by atoms with E-state index in [9.17, 15) is 14.0 Å². The molecule has 9 nitrogen and oxygen atoms in total. The highest BCUT2D eigenvalue weighted by molar-refractivity contribution is 6.00. The first-order chi connectivity index (χ1) is 17.4. The van der Waals surface area contributed by atoms with Crippen LogP contribution in [0.25, 0.3) is 22.4 Å². The fourth-order valence-corrected chi connectivity index (χ4v) is 3.34. The molecule has 2 amide bonds. The quantitative estimate of drug-likeness (QED) is 0.364. The highest BCUT2D eigenvalue weighted by Crippen LogP contribution is 2.37. The SMILES string of the molecule is COc1ccc(COC(=O)N[C@@H](C)C(=O)Nc2onc(-c3ccc(F)cc3)c2-c2ccncc2)cc1. The summed E-state index contributed by atoms with van der Waals surface area (Å²) in [5.41, 5.74) is 2.95. The number of carbonyl (C=O) groups excluding carboxylic acids is 2. The van der Waals surface area contributed by atoms with Crippen LogP contribution in [0.15, 0.2) is 77.6 Å². The number of anilines is 1. The summed E-state index contributed by atoms with van der Waals surface area (Å²) in [4.78, 5) is 29.0. The van der Waals surface area contributed by atoms with Gasteiger partial charge in [0.05, 0.1) is 12.7 Å². The average molecular weight is 490 g/mol. The molecule has 2 heterocycles. The van der Waals surface area contributed by atoms with Crippen molar-refractivity contribution in [3.05, 3.63) is 84.4 Å². The molecule has 2 aromatic carbocycles. The van der Waals surface area contributed by atoms with Gasteiger partial charge in [-0.3, -0.25) is 15.1 Å². The van der Waals surface area contributed by atoms with Gasteiger partial charge in [-0.15, -0.1) is 0 Å². The van der Waals surface area contributed by atoms with Gasteiger partial charge in [0.15, 0.2) is 0 Å². The van der Waals surface area contributed by atoms with E-state index in [2.05, 4.69) is 20.8 Å². The largest absolute Gasteiger partial charge is 0.497 e. The zero-order valence-electron chi connectivity index (χ0n) is 19.5. The van der Waals surface area contributed by atoms with Gasteiger partial charge in [0.2, 0.25) is 11.8 Å². The topological polar surface area (TPSA) is 116 Å². The second-order valence-corrected chi connectivity index (χ2v) is 7.76. The Labute approximate surface area is 206 Å². The maximum Gasteiger partial charge on any atom is 0.408 e. The first kappa shape index (κ1) is 24.4. The van der Waals surface area contributed by atoms with Gasteiger partial charge in [-0.05, 0) is 66.6 Å². The van der Waals surface area contributed by atoms with Gasteiger partial charge in [-0.25, -0.2) is 9.18 Å². The predicted molar refractivity (Wildman–Crippen MR) is 130 cm³/mol. The molecule has 184 valence electrons. The number of carbonyl (C=O) groups is 2. The van der Waals surface area contributed by atoms with Crippen LogP contribution in [-0.2, 0) is 16.1 Å². The van der Waals surface area contributed by atoms with Gasteiger partial charge in [0, 0.05) is 18.0 Å². The van der Waals surface area contributed by atoms with Crippen molar-refractivity contribution in [1.29, 1.82) is 0 Å². The average Bonchev–Trinajstić information content (AvgIpc) is 3.32. The number of halogens is 1. The van der Waals surface area contributed by atoms with Crippen LogP contribution in [0.2, 0.25) is 0 Å². The van der Waals surface area contributed by atoms with E-state index < -0.39 is 18.0 Å². The third-order valence-electron chi connectivity index (χ3n) is 5.27. The van der Waals surface area contributed by atoms with Gasteiger partial charge >= 0.3 is 6.09 Å². The number of pyridine rings is 1. The van der Waals surface area contributed by atoms with E-state index in [1.165, 1.54) is 19.1 Å². The fourth-order valence-electron chi connectivity index (χ4n) is 3.34. The maximum atomic E-state index is 13.4. The number of benzene rings is 2. The van der Waals surface area contributed by atoms with Crippen LogP contribution in [0.3, 0.4) is 0 Å². The second kappa shape index (κ2) is 11.1. The smallest absolute Gasteiger partial charge is 0.408 e. The molecule has 0 bridgehead atoms. The number of ether oxygens (including phenoxy) is 2. The van der Waals surface area contributed by atoms with Crippen LogP contribution in [0, 0.1) is 5.82 Å². The molecule has 0 aliphatic heterocycles. The van der Waals surface area contributed by atoms with Crippen molar-refractivity contribution in [2.24, 2.45) is 0 Å². The lowest BCUT2D eigenvalue weighted by atomic mass is 10.0. The summed E-state index contributed by atoms with van der Waals surface area (Å²) >= 11 is 0. The third kappa shape index (κ3) is 5.84. The molecule has 4 aromatic rings. The standard InChI is InChI=1S/C26H23FN4O5/c1-16(29-26(33)35-15-17-3-9-21(34-2)10-4-17)24(32)30-25-22(18-11-13-28-14-12-18)23(31-36-25)19-5-7-20(27)8-6-19/h3-14,16H,15H2,1-2H3,(H,29,33)(H,30,32)/t16-/m0/s1. The number of nitrogens with one attached hydrogen (secondary N) is 2. The Hall–Kier alpha value is -4.73. The lowest BCUT2D eigenvalue weighted by Crippen LogP contribution is -2.41. The Kier molecular flexibility index (Phi) is 7.54. The summed E-state index contributed by atoms with van der Waals surface area (Å²) in [6.07, 6.45) is 2.42. The Bertz CT molecular complexity index is 1320. The van der Waals surface area contributed by atoms with Crippen LogP contribution in [0.5, 0.6) is 5.75 Å². The van der Waals surface area contributed by atoms with Crippen LogP contribution >= 0.6 is 0 Å². The number of amides is 2.